The predicted molar refractivity (Wildman–Crippen MR) is 67.6 cm³/mol. The minimum atomic E-state index is 0.0728. The highest BCUT2D eigenvalue weighted by Crippen LogP contribution is 2.18. The van der Waals surface area contributed by atoms with Gasteiger partial charge in [-0.2, -0.15) is 0 Å². The van der Waals surface area contributed by atoms with Crippen molar-refractivity contribution in [2.75, 3.05) is 33.9 Å². The second kappa shape index (κ2) is 7.58. The molecular formula is C13H25NO2. The second-order valence-corrected chi connectivity index (χ2v) is 5.36. The van der Waals surface area contributed by atoms with Crippen LogP contribution in [0.5, 0.6) is 0 Å². The Morgan fingerprint density at radius 1 is 1.38 bits per heavy atom. The minimum Gasteiger partial charge on any atom is -0.383 e. The fraction of sp³-hybridized carbons (Fsp3) is 0.769. The Bertz CT molecular complexity index is 229. The van der Waals surface area contributed by atoms with Crippen molar-refractivity contribution in [2.45, 2.75) is 27.2 Å². The number of rotatable bonds is 7. The second-order valence-electron chi connectivity index (χ2n) is 5.36. The average molecular weight is 227 g/mol. The number of hydrogen-bond donors (Lipinski definition) is 0. The summed E-state index contributed by atoms with van der Waals surface area (Å²) in [6.45, 7) is 8.62. The summed E-state index contributed by atoms with van der Waals surface area (Å²) in [5.41, 5.74) is 0.0728. The first-order valence-corrected chi connectivity index (χ1v) is 5.72. The van der Waals surface area contributed by atoms with Crippen LogP contribution < -0.4 is 0 Å². The molecule has 0 radical (unpaired) electrons. The molecule has 0 rings (SSSR count). The fourth-order valence-electron chi connectivity index (χ4n) is 1.28. The Balaban J connectivity index is 3.79. The highest BCUT2D eigenvalue weighted by Gasteiger charge is 2.13. The molecule has 16 heavy (non-hydrogen) atoms. The normalized spacial score (nSPS) is 12.6. The molecule has 0 aromatic heterocycles. The highest BCUT2D eigenvalue weighted by atomic mass is 16.5. The van der Waals surface area contributed by atoms with Gasteiger partial charge in [-0.3, -0.25) is 4.79 Å². The SMILES string of the molecule is COCCN(C)C/C=C/C(=O)CC(C)(C)C. The van der Waals surface area contributed by atoms with Gasteiger partial charge in [0.25, 0.3) is 0 Å². The van der Waals surface area contributed by atoms with E-state index in [0.717, 1.165) is 19.7 Å². The van der Waals surface area contributed by atoms with Gasteiger partial charge in [-0.15, -0.1) is 0 Å². The third kappa shape index (κ3) is 9.87. The van der Waals surface area contributed by atoms with Gasteiger partial charge in [0.2, 0.25) is 0 Å². The molecule has 0 spiro atoms. The van der Waals surface area contributed by atoms with Crippen LogP contribution in [-0.2, 0) is 9.53 Å². The van der Waals surface area contributed by atoms with Crippen molar-refractivity contribution in [1.82, 2.24) is 4.90 Å². The molecule has 0 amide bonds. The van der Waals surface area contributed by atoms with Gasteiger partial charge in [-0.05, 0) is 18.5 Å². The number of allylic oxidation sites excluding steroid dienone is 1. The van der Waals surface area contributed by atoms with E-state index in [4.69, 9.17) is 4.74 Å². The number of carbonyl (C=O) groups is 1. The zero-order chi connectivity index (χ0) is 12.6. The van der Waals surface area contributed by atoms with Crippen molar-refractivity contribution < 1.29 is 9.53 Å². The van der Waals surface area contributed by atoms with Crippen LogP contribution in [0.1, 0.15) is 27.2 Å². The number of carbonyl (C=O) groups excluding carboxylic acids is 1. The van der Waals surface area contributed by atoms with Crippen molar-refractivity contribution in [3.63, 3.8) is 0 Å². The average Bonchev–Trinajstić information content (AvgIpc) is 2.11. The third-order valence-electron chi connectivity index (χ3n) is 2.10. The van der Waals surface area contributed by atoms with E-state index in [1.807, 2.05) is 13.1 Å². The van der Waals surface area contributed by atoms with Crippen molar-refractivity contribution >= 4 is 5.78 Å². The van der Waals surface area contributed by atoms with E-state index in [1.54, 1.807) is 13.2 Å². The lowest BCUT2D eigenvalue weighted by molar-refractivity contribution is -0.116. The van der Waals surface area contributed by atoms with Crippen LogP contribution >= 0.6 is 0 Å². The molecule has 0 aromatic carbocycles. The number of likely N-dealkylation sites (N-methyl/N-ethyl adjacent to an activating group) is 1. The molecule has 0 bridgehead atoms. The van der Waals surface area contributed by atoms with Crippen molar-refractivity contribution in [2.24, 2.45) is 5.41 Å². The number of methoxy groups -OCH3 is 1. The molecule has 0 unspecified atom stereocenters. The standard InChI is InChI=1S/C13H25NO2/c1-13(2,3)11-12(15)7-6-8-14(4)9-10-16-5/h6-7H,8-11H2,1-5H3/b7-6+. The van der Waals surface area contributed by atoms with Gasteiger partial charge in [0.15, 0.2) is 5.78 Å². The topological polar surface area (TPSA) is 29.5 Å². The van der Waals surface area contributed by atoms with Gasteiger partial charge in [0, 0.05) is 26.6 Å². The van der Waals surface area contributed by atoms with E-state index >= 15 is 0 Å². The van der Waals surface area contributed by atoms with Crippen molar-refractivity contribution in [3.05, 3.63) is 12.2 Å². The van der Waals surface area contributed by atoms with Crippen molar-refractivity contribution in [1.29, 1.82) is 0 Å². The van der Waals surface area contributed by atoms with Crippen LogP contribution in [0.3, 0.4) is 0 Å². The van der Waals surface area contributed by atoms with E-state index < -0.39 is 0 Å². The van der Waals surface area contributed by atoms with Crippen LogP contribution in [0.2, 0.25) is 0 Å². The fourth-order valence-corrected chi connectivity index (χ4v) is 1.28. The van der Waals surface area contributed by atoms with Gasteiger partial charge in [-0.1, -0.05) is 26.8 Å². The third-order valence-corrected chi connectivity index (χ3v) is 2.10. The van der Waals surface area contributed by atoms with E-state index in [-0.39, 0.29) is 11.2 Å². The smallest absolute Gasteiger partial charge is 0.155 e. The maximum atomic E-state index is 11.5. The number of ether oxygens (including phenoxy) is 1. The molecule has 3 heteroatoms. The Labute approximate surface area is 99.5 Å². The summed E-state index contributed by atoms with van der Waals surface area (Å²) in [7, 11) is 3.70. The van der Waals surface area contributed by atoms with Crippen LogP contribution in [0.4, 0.5) is 0 Å². The Kier molecular flexibility index (Phi) is 7.26. The monoisotopic (exact) mass is 227 g/mol. The van der Waals surface area contributed by atoms with Crippen molar-refractivity contribution in [3.8, 4) is 0 Å². The predicted octanol–water partition coefficient (Wildman–Crippen LogP) is 2.13. The summed E-state index contributed by atoms with van der Waals surface area (Å²) in [5.74, 6) is 0.202. The lowest BCUT2D eigenvalue weighted by Gasteiger charge is -2.15. The summed E-state index contributed by atoms with van der Waals surface area (Å²) >= 11 is 0. The quantitative estimate of drug-likeness (QED) is 0.624. The molecule has 94 valence electrons. The van der Waals surface area contributed by atoms with Crippen LogP contribution in [0, 0.1) is 5.41 Å². The molecule has 0 aliphatic heterocycles. The number of nitrogens with zero attached hydrogens (tertiary/aromatic N) is 1. The maximum Gasteiger partial charge on any atom is 0.155 e. The zero-order valence-electron chi connectivity index (χ0n) is 11.2. The summed E-state index contributed by atoms with van der Waals surface area (Å²) in [4.78, 5) is 13.6. The Hall–Kier alpha value is -0.670. The molecule has 0 heterocycles. The van der Waals surface area contributed by atoms with E-state index in [0.29, 0.717) is 6.42 Å². The lowest BCUT2D eigenvalue weighted by atomic mass is 9.90. The summed E-state index contributed by atoms with van der Waals surface area (Å²) in [6.07, 6.45) is 4.21. The molecule has 0 aromatic rings. The zero-order valence-corrected chi connectivity index (χ0v) is 11.2. The van der Waals surface area contributed by atoms with Crippen LogP contribution in [0.15, 0.2) is 12.2 Å². The van der Waals surface area contributed by atoms with Gasteiger partial charge in [-0.25, -0.2) is 0 Å². The first-order valence-electron chi connectivity index (χ1n) is 5.72. The van der Waals surface area contributed by atoms with Gasteiger partial charge < -0.3 is 9.64 Å². The van der Waals surface area contributed by atoms with Gasteiger partial charge >= 0.3 is 0 Å². The number of ketones is 1. The molecule has 3 nitrogen and oxygen atoms in total. The van der Waals surface area contributed by atoms with Crippen LogP contribution in [-0.4, -0.2) is 44.5 Å². The molecular weight excluding hydrogens is 202 g/mol. The minimum absolute atomic E-state index is 0.0728. The molecule has 0 fully saturated rings. The van der Waals surface area contributed by atoms with Gasteiger partial charge in [0.1, 0.15) is 0 Å². The Morgan fingerprint density at radius 3 is 2.50 bits per heavy atom. The van der Waals surface area contributed by atoms with E-state index in [1.165, 1.54) is 0 Å². The van der Waals surface area contributed by atoms with E-state index in [2.05, 4.69) is 25.7 Å². The van der Waals surface area contributed by atoms with Gasteiger partial charge in [0.05, 0.1) is 6.61 Å². The maximum absolute atomic E-state index is 11.5. The largest absolute Gasteiger partial charge is 0.383 e. The highest BCUT2D eigenvalue weighted by molar-refractivity contribution is 5.90. The first kappa shape index (κ1) is 15.3. The van der Waals surface area contributed by atoms with Crippen LogP contribution in [0.25, 0.3) is 0 Å². The molecule has 0 aliphatic carbocycles. The first-order chi connectivity index (χ1) is 7.35. The number of hydrogen-bond acceptors (Lipinski definition) is 3. The summed E-state index contributed by atoms with van der Waals surface area (Å²) in [6, 6.07) is 0. The molecule has 0 saturated carbocycles. The Morgan fingerprint density at radius 2 is 2.00 bits per heavy atom. The summed E-state index contributed by atoms with van der Waals surface area (Å²) in [5, 5.41) is 0. The van der Waals surface area contributed by atoms with E-state index in [9.17, 15) is 4.79 Å². The molecule has 0 saturated heterocycles. The molecule has 0 N–H and O–H groups in total. The lowest BCUT2D eigenvalue weighted by Crippen LogP contribution is -2.23. The summed E-state index contributed by atoms with van der Waals surface area (Å²) < 4.78 is 4.97. The molecule has 0 atom stereocenters. The molecule has 0 aliphatic rings.